The number of benzene rings is 4. The molecule has 170 valence electrons. The first-order chi connectivity index (χ1) is 16.6. The fraction of sp³-hybridized carbons (Fsp3) is 0.0357. The summed E-state index contributed by atoms with van der Waals surface area (Å²) in [5.74, 6) is 1.93. The Labute approximate surface area is 208 Å². The van der Waals surface area contributed by atoms with Gasteiger partial charge in [-0.15, -0.1) is 0 Å². The maximum absolute atomic E-state index is 12.6. The van der Waals surface area contributed by atoms with Crippen LogP contribution in [0.1, 0.15) is 15.9 Å². The van der Waals surface area contributed by atoms with Crippen molar-refractivity contribution in [2.45, 2.75) is 6.61 Å². The lowest BCUT2D eigenvalue weighted by atomic mass is 10.1. The molecule has 1 N–H and O–H groups in total. The molecular formula is C28H21Cl2NO3. The number of ether oxygens (including phenoxy) is 2. The minimum Gasteiger partial charge on any atom is -0.489 e. The van der Waals surface area contributed by atoms with Crippen LogP contribution >= 0.6 is 23.2 Å². The summed E-state index contributed by atoms with van der Waals surface area (Å²) in [6.45, 7) is 0.273. The van der Waals surface area contributed by atoms with Crippen LogP contribution < -0.4 is 14.8 Å². The van der Waals surface area contributed by atoms with Gasteiger partial charge in [0.15, 0.2) is 5.78 Å². The Morgan fingerprint density at radius 1 is 0.794 bits per heavy atom. The average Bonchev–Trinajstić information content (AvgIpc) is 2.85. The lowest BCUT2D eigenvalue weighted by molar-refractivity contribution is 0.104. The molecule has 0 radical (unpaired) electrons. The number of allylic oxidation sites excluding steroid dienone is 1. The van der Waals surface area contributed by atoms with Gasteiger partial charge in [0.1, 0.15) is 23.9 Å². The number of carbonyl (C=O) groups excluding carboxylic acids is 1. The van der Waals surface area contributed by atoms with Gasteiger partial charge in [0.2, 0.25) is 0 Å². The summed E-state index contributed by atoms with van der Waals surface area (Å²) < 4.78 is 11.6. The predicted octanol–water partition coefficient (Wildman–Crippen LogP) is 8.17. The Kier molecular flexibility index (Phi) is 7.87. The number of hydrogen-bond acceptors (Lipinski definition) is 4. The van der Waals surface area contributed by atoms with Crippen LogP contribution in [0, 0.1) is 0 Å². The van der Waals surface area contributed by atoms with Crippen molar-refractivity contribution in [3.05, 3.63) is 131 Å². The Morgan fingerprint density at radius 3 is 2.29 bits per heavy atom. The van der Waals surface area contributed by atoms with Gasteiger partial charge in [-0.3, -0.25) is 4.79 Å². The molecule has 0 bridgehead atoms. The molecule has 4 aromatic carbocycles. The summed E-state index contributed by atoms with van der Waals surface area (Å²) in [7, 11) is 0. The number of carbonyl (C=O) groups is 1. The zero-order chi connectivity index (χ0) is 23.8. The Hall–Kier alpha value is -3.73. The van der Waals surface area contributed by atoms with E-state index in [2.05, 4.69) is 5.32 Å². The van der Waals surface area contributed by atoms with Crippen LogP contribution in [0.15, 0.2) is 109 Å². The number of hydrogen-bond donors (Lipinski definition) is 1. The molecule has 4 rings (SSSR count). The van der Waals surface area contributed by atoms with Crippen LogP contribution in [0.3, 0.4) is 0 Å². The number of para-hydroxylation sites is 1. The normalized spacial score (nSPS) is 10.8. The standard InChI is InChI=1S/C28H21Cl2NO3/c29-22-10-9-21(27(30)18-22)19-33-26-8-4-5-20(17-26)28(32)15-16-31-23-11-13-25(14-12-23)34-24-6-2-1-3-7-24/h1-18,31H,19H2/b16-15+. The van der Waals surface area contributed by atoms with Crippen molar-refractivity contribution in [3.63, 3.8) is 0 Å². The molecule has 0 saturated heterocycles. The maximum atomic E-state index is 12.6. The smallest absolute Gasteiger partial charge is 0.187 e. The molecule has 4 nitrogen and oxygen atoms in total. The Morgan fingerprint density at radius 2 is 1.53 bits per heavy atom. The van der Waals surface area contributed by atoms with E-state index in [0.717, 1.165) is 22.7 Å². The van der Waals surface area contributed by atoms with E-state index in [9.17, 15) is 4.79 Å². The third-order valence-electron chi connectivity index (χ3n) is 4.85. The molecule has 6 heteroatoms. The molecule has 0 unspecified atom stereocenters. The zero-order valence-electron chi connectivity index (χ0n) is 18.1. The largest absolute Gasteiger partial charge is 0.489 e. The second kappa shape index (κ2) is 11.4. The van der Waals surface area contributed by atoms with Crippen LogP contribution in [0.2, 0.25) is 10.0 Å². The van der Waals surface area contributed by atoms with Crippen LogP contribution in [-0.2, 0) is 6.61 Å². The minimum atomic E-state index is -0.147. The minimum absolute atomic E-state index is 0.147. The molecule has 0 atom stereocenters. The van der Waals surface area contributed by atoms with E-state index in [4.69, 9.17) is 32.7 Å². The van der Waals surface area contributed by atoms with Crippen LogP contribution in [0.5, 0.6) is 17.2 Å². The van der Waals surface area contributed by atoms with Gasteiger partial charge in [-0.2, -0.15) is 0 Å². The van der Waals surface area contributed by atoms with E-state index in [-0.39, 0.29) is 12.4 Å². The monoisotopic (exact) mass is 489 g/mol. The van der Waals surface area contributed by atoms with Gasteiger partial charge in [0, 0.05) is 39.1 Å². The Bertz CT molecular complexity index is 1290. The van der Waals surface area contributed by atoms with Gasteiger partial charge in [0.05, 0.1) is 0 Å². The first-order valence-electron chi connectivity index (χ1n) is 10.5. The lowest BCUT2D eigenvalue weighted by Gasteiger charge is -2.09. The van der Waals surface area contributed by atoms with E-state index >= 15 is 0 Å². The van der Waals surface area contributed by atoms with Gasteiger partial charge in [0.25, 0.3) is 0 Å². The predicted molar refractivity (Wildman–Crippen MR) is 137 cm³/mol. The molecule has 0 aliphatic carbocycles. The third-order valence-corrected chi connectivity index (χ3v) is 5.43. The highest BCUT2D eigenvalue weighted by Gasteiger charge is 2.06. The van der Waals surface area contributed by atoms with Crippen molar-refractivity contribution in [1.29, 1.82) is 0 Å². The first kappa shape index (κ1) is 23.4. The summed E-state index contributed by atoms with van der Waals surface area (Å²) in [6, 6.07) is 29.3. The molecule has 0 aliphatic rings. The fourth-order valence-corrected chi connectivity index (χ4v) is 3.56. The van der Waals surface area contributed by atoms with Crippen LogP contribution in [0.25, 0.3) is 0 Å². The molecule has 4 aromatic rings. The SMILES string of the molecule is O=C(/C=C/Nc1ccc(Oc2ccccc2)cc1)c1cccc(OCc2ccc(Cl)cc2Cl)c1. The average molecular weight is 490 g/mol. The summed E-state index contributed by atoms with van der Waals surface area (Å²) in [5, 5.41) is 4.20. The molecule has 0 fully saturated rings. The van der Waals surface area contributed by atoms with Crippen LogP contribution in [-0.4, -0.2) is 5.78 Å². The van der Waals surface area contributed by atoms with Gasteiger partial charge < -0.3 is 14.8 Å². The quantitative estimate of drug-likeness (QED) is 0.190. The van der Waals surface area contributed by atoms with Gasteiger partial charge in [-0.25, -0.2) is 0 Å². The van der Waals surface area contributed by atoms with E-state index in [1.165, 1.54) is 6.08 Å². The molecule has 0 amide bonds. The molecule has 0 aromatic heterocycles. The molecule has 0 aliphatic heterocycles. The van der Waals surface area contributed by atoms with Crippen molar-refractivity contribution >= 4 is 34.7 Å². The summed E-state index contributed by atoms with van der Waals surface area (Å²) in [5.41, 5.74) is 2.16. The van der Waals surface area contributed by atoms with Gasteiger partial charge >= 0.3 is 0 Å². The number of anilines is 1. The lowest BCUT2D eigenvalue weighted by Crippen LogP contribution is -1.99. The van der Waals surface area contributed by atoms with Crippen LogP contribution in [0.4, 0.5) is 5.69 Å². The summed E-state index contributed by atoms with van der Waals surface area (Å²) >= 11 is 12.1. The van der Waals surface area contributed by atoms with Crippen molar-refractivity contribution in [1.82, 2.24) is 0 Å². The number of nitrogens with one attached hydrogen (secondary N) is 1. The third kappa shape index (κ3) is 6.64. The molecule has 0 saturated carbocycles. The summed E-state index contributed by atoms with van der Waals surface area (Å²) in [6.07, 6.45) is 3.08. The topological polar surface area (TPSA) is 47.6 Å². The van der Waals surface area contributed by atoms with E-state index in [1.807, 2.05) is 60.7 Å². The number of rotatable bonds is 9. The van der Waals surface area contributed by atoms with Crippen molar-refractivity contribution in [2.24, 2.45) is 0 Å². The van der Waals surface area contributed by atoms with Gasteiger partial charge in [-0.1, -0.05) is 59.6 Å². The zero-order valence-corrected chi connectivity index (χ0v) is 19.6. The van der Waals surface area contributed by atoms with E-state index < -0.39 is 0 Å². The van der Waals surface area contributed by atoms with Crippen molar-refractivity contribution in [2.75, 3.05) is 5.32 Å². The van der Waals surface area contributed by atoms with Crippen molar-refractivity contribution in [3.8, 4) is 17.2 Å². The molecule has 34 heavy (non-hydrogen) atoms. The first-order valence-corrected chi connectivity index (χ1v) is 11.3. The molecule has 0 spiro atoms. The number of ketones is 1. The highest BCUT2D eigenvalue weighted by atomic mass is 35.5. The highest BCUT2D eigenvalue weighted by molar-refractivity contribution is 6.35. The molecule has 0 heterocycles. The Balaban J connectivity index is 1.31. The van der Waals surface area contributed by atoms with Gasteiger partial charge in [-0.05, 0) is 60.7 Å². The highest BCUT2D eigenvalue weighted by Crippen LogP contribution is 2.24. The van der Waals surface area contributed by atoms with E-state index in [0.29, 0.717) is 21.4 Å². The number of halogens is 2. The maximum Gasteiger partial charge on any atom is 0.187 e. The fourth-order valence-electron chi connectivity index (χ4n) is 3.09. The van der Waals surface area contributed by atoms with Crippen molar-refractivity contribution < 1.29 is 14.3 Å². The van der Waals surface area contributed by atoms with E-state index in [1.54, 1.807) is 42.6 Å². The second-order valence-electron chi connectivity index (χ2n) is 7.33. The summed E-state index contributed by atoms with van der Waals surface area (Å²) in [4.78, 5) is 12.6. The second-order valence-corrected chi connectivity index (χ2v) is 8.18. The molecular weight excluding hydrogens is 469 g/mol.